The number of esters is 6. The number of hydrogen-bond donors (Lipinski definition) is 12. The van der Waals surface area contributed by atoms with Crippen LogP contribution in [0.5, 0.6) is 0 Å². The molecular weight excluding hydrogens is 1790 g/mol. The number of rotatable bonds is 49. The summed E-state index contributed by atoms with van der Waals surface area (Å²) >= 11 is 3.00. The van der Waals surface area contributed by atoms with E-state index in [-0.39, 0.29) is 43.3 Å². The molecule has 1 aliphatic rings. The summed E-state index contributed by atoms with van der Waals surface area (Å²) in [7, 11) is 11.0. The zero-order valence-corrected chi connectivity index (χ0v) is 76.9. The number of alkyl carbamates (subject to hydrolysis) is 4. The molecular formula is C79H116N26O22S4. The number of ether oxygens (including phenoxy) is 10. The Balaban J connectivity index is 0.000000793. The smallest absolute Gasteiger partial charge is 0.407 e. The van der Waals surface area contributed by atoms with Gasteiger partial charge in [-0.3, -0.25) is 43.6 Å². The third-order valence-corrected chi connectivity index (χ3v) is 21.7. The molecule has 1 aliphatic heterocycles. The molecule has 8 atom stereocenters. The molecule has 48 nitrogen and oxygen atoms in total. The van der Waals surface area contributed by atoms with Crippen molar-refractivity contribution in [1.29, 1.82) is 0 Å². The third kappa shape index (κ3) is 56.0. The molecule has 18 N–H and O–H groups in total. The second kappa shape index (κ2) is 73.4. The Kier molecular flexibility index (Phi) is 65.4. The fourth-order valence-electron chi connectivity index (χ4n) is 10.2. The Morgan fingerprint density at radius 2 is 0.855 bits per heavy atom. The van der Waals surface area contributed by atoms with Crippen molar-refractivity contribution in [2.24, 2.45) is 54.9 Å². The first-order valence-electron chi connectivity index (χ1n) is 40.2. The van der Waals surface area contributed by atoms with Crippen LogP contribution in [0.25, 0.3) is 41.8 Å². The number of benzene rings is 4. The third-order valence-electron chi connectivity index (χ3n) is 17.3. The highest BCUT2D eigenvalue weighted by molar-refractivity contribution is 8.76. The van der Waals surface area contributed by atoms with Crippen molar-refractivity contribution in [2.75, 3.05) is 94.1 Å². The molecule has 5 aromatic rings. The first-order valence-corrected chi connectivity index (χ1v) is 44.7. The molecule has 1 fully saturated rings. The number of carbonyl (C=O) groups is 10. The number of methoxy groups -OCH3 is 6. The molecule has 131 heavy (non-hydrogen) atoms. The van der Waals surface area contributed by atoms with Gasteiger partial charge >= 0.3 is 65.9 Å². The molecule has 4 aromatic carbocycles. The van der Waals surface area contributed by atoms with Crippen LogP contribution in [0, 0.1) is 10.1 Å². The highest BCUT2D eigenvalue weighted by Gasteiger charge is 2.23. The zero-order valence-electron chi connectivity index (χ0n) is 73.6. The monoisotopic (exact) mass is 1910 g/mol. The van der Waals surface area contributed by atoms with Crippen LogP contribution in [0.4, 0.5) is 47.6 Å². The van der Waals surface area contributed by atoms with Gasteiger partial charge in [0.25, 0.3) is 0 Å². The van der Waals surface area contributed by atoms with Crippen molar-refractivity contribution in [3.05, 3.63) is 190 Å². The number of nitrogens with one attached hydrogen (secondary N) is 6. The fraction of sp³-hybridized carbons (Fsp3) is 0.506. The molecule has 0 radical (unpaired) electrons. The zero-order chi connectivity index (χ0) is 97.4. The number of nitrogens with two attached hydrogens (primary N) is 6. The molecule has 0 spiro atoms. The molecule has 718 valence electrons. The average molecular weight is 1910 g/mol. The Morgan fingerprint density at radius 3 is 1.24 bits per heavy atom. The molecule has 4 amide bonds. The Morgan fingerprint density at radius 1 is 0.481 bits per heavy atom. The van der Waals surface area contributed by atoms with Crippen LogP contribution in [0.2, 0.25) is 0 Å². The lowest BCUT2D eigenvalue weighted by Crippen LogP contribution is -2.35. The maximum atomic E-state index is 11.9. The summed E-state index contributed by atoms with van der Waals surface area (Å²) in [5.74, 6) is -1.55. The largest absolute Gasteiger partial charge is 0.468 e. The summed E-state index contributed by atoms with van der Waals surface area (Å²) in [4.78, 5) is 138. The molecule has 2 heterocycles. The number of carbonyl (C=O) groups excluding carboxylic acids is 10. The highest BCUT2D eigenvalue weighted by Crippen LogP contribution is 2.28. The Labute approximate surface area is 772 Å². The lowest BCUT2D eigenvalue weighted by molar-refractivity contribution is -0.388. The lowest BCUT2D eigenvalue weighted by atomic mass is 10.1. The average Bonchev–Trinajstić information content (AvgIpc) is 1.30. The van der Waals surface area contributed by atoms with Gasteiger partial charge in [-0.25, -0.2) is 24.2 Å². The number of thioether (sulfide) groups is 1. The van der Waals surface area contributed by atoms with E-state index < -0.39 is 95.4 Å². The predicted octanol–water partition coefficient (Wildman–Crippen LogP) is 11.5. The van der Waals surface area contributed by atoms with Gasteiger partial charge in [-0.15, -0.1) is 11.8 Å². The molecule has 0 aliphatic carbocycles. The van der Waals surface area contributed by atoms with E-state index in [0.29, 0.717) is 142 Å². The van der Waals surface area contributed by atoms with E-state index in [1.165, 1.54) is 61.0 Å². The van der Waals surface area contributed by atoms with Crippen LogP contribution < -0.4 is 65.7 Å². The fourth-order valence-corrected chi connectivity index (χ4v) is 13.9. The van der Waals surface area contributed by atoms with Gasteiger partial charge in [0.2, 0.25) is 0 Å². The van der Waals surface area contributed by atoms with Gasteiger partial charge in [0.1, 0.15) is 62.7 Å². The highest BCUT2D eigenvalue weighted by atomic mass is 33.1. The second-order valence-corrected chi connectivity index (χ2v) is 31.9. The first kappa shape index (κ1) is 117. The van der Waals surface area contributed by atoms with Crippen molar-refractivity contribution < 1.29 is 100 Å². The van der Waals surface area contributed by atoms with Gasteiger partial charge in [-0.2, -0.15) is 0 Å². The van der Waals surface area contributed by atoms with Crippen molar-refractivity contribution in [3.63, 3.8) is 0 Å². The Bertz CT molecular complexity index is 4440. The van der Waals surface area contributed by atoms with Gasteiger partial charge in [0.05, 0.1) is 47.6 Å². The first-order chi connectivity index (χ1) is 63.0. The minimum Gasteiger partial charge on any atom is -0.468 e. The molecule has 6 rings (SSSR count). The summed E-state index contributed by atoms with van der Waals surface area (Å²) in [6.07, 6.45) is 9.87. The second-order valence-electron chi connectivity index (χ2n) is 26.9. The summed E-state index contributed by atoms with van der Waals surface area (Å²) in [6.45, 7) is 3.47. The van der Waals surface area contributed by atoms with E-state index in [1.807, 2.05) is 18.0 Å². The molecule has 0 saturated carbocycles. The van der Waals surface area contributed by atoms with Gasteiger partial charge < -0.3 is 108 Å². The van der Waals surface area contributed by atoms with Gasteiger partial charge in [0, 0.05) is 110 Å². The maximum absolute atomic E-state index is 11.9. The topological polar surface area (TPSA) is 742 Å². The van der Waals surface area contributed by atoms with Gasteiger partial charge in [0.15, 0.2) is 5.03 Å². The van der Waals surface area contributed by atoms with E-state index in [2.05, 4.69) is 105 Å². The molecule has 8 unspecified atom stereocenters. The van der Waals surface area contributed by atoms with Crippen molar-refractivity contribution in [3.8, 4) is 0 Å². The Hall–Kier alpha value is -12.4. The van der Waals surface area contributed by atoms with Crippen LogP contribution in [-0.2, 0) is 103 Å². The SMILES string of the molecule is COC(=O)C(N)CCC(CNC(=O)OCc1ccc(N=[N+]=[N-])cc1)SSC.COC(=O)C(N)CCC1CNCS1.COC(=O)C(N)CCCCNC(=O)OCc1ccc(N=[N+]=[N-])cc1.COC(=O)C(N)CCCCNSc1ncccc1[N+](=O)[O-].COC(=O)C(N)CCCNC(=O)OCc1ccc(N=[N+]=[N-])cc1.COC(=O)C(N)CCCNC(=O)OCc1ccccc1N=[N+]=[N-]. The number of nitro groups is 1. The van der Waals surface area contributed by atoms with Gasteiger partial charge in [-0.1, -0.05) is 146 Å². The molecule has 52 heteroatoms. The maximum Gasteiger partial charge on any atom is 0.407 e. The quantitative estimate of drug-likeness (QED) is 0.00164. The number of azide groups is 4. The minimum atomic E-state index is -0.700. The number of amides is 4. The number of pyridine rings is 1. The van der Waals surface area contributed by atoms with E-state index in [0.717, 1.165) is 60.3 Å². The molecule has 0 bridgehead atoms. The standard InChI is InChI=1S/C16H23N5O4S2.C15H21N5O4.2C14H19N5O4.C12H18N4O4S.C8H16N2O2S/c1-24-15(22)14(17)8-7-13(27-26-2)9-19-16(23)25-10-11-3-5-12(6-4-11)20-21-18;1-23-14(21)13(16)4-2-3-9-18-15(22)24-10-11-5-7-12(8-6-11)19-20-17;1-22-13(20)12(15)3-2-8-17-14(21)23-9-10-4-6-11(7-5-10)18-19-16;1-22-13(20)11(15)6-4-8-17-14(21)23-9-10-5-2-3-7-12(10)18-19-16;1-20-12(17)9(13)5-2-3-8-15-21-11-10(16(18)19)6-4-7-14-11;1-12-8(11)7(9)3-2-6-4-10-5-13-6/h3-6,13-14H,7-10,17H2,1-2H3,(H,19,23);5-8,13H,2-4,9-10,16H2,1H3,(H,18,22);4-7,12H,2-3,8-9,15H2,1H3,(H,17,21);2-3,5,7,11H,4,6,8-9,15H2,1H3,(H,17,21);4,6-7,9,15H,2-3,5,8,13H2,1H3;6-7,10H,2-5,9H2,1H3. The van der Waals surface area contributed by atoms with Crippen LogP contribution in [0.1, 0.15) is 112 Å². The van der Waals surface area contributed by atoms with Crippen molar-refractivity contribution in [2.45, 2.75) is 168 Å². The van der Waals surface area contributed by atoms with E-state index in [4.69, 9.17) is 75.5 Å². The van der Waals surface area contributed by atoms with E-state index in [9.17, 15) is 58.1 Å². The van der Waals surface area contributed by atoms with E-state index >= 15 is 0 Å². The number of aromatic nitrogens is 1. The number of hydrogen-bond acceptors (Lipinski definition) is 39. The van der Waals surface area contributed by atoms with Crippen molar-refractivity contribution >= 4 is 134 Å². The number of nitrogens with zero attached hydrogens (tertiary/aromatic N) is 14. The van der Waals surface area contributed by atoms with Crippen LogP contribution in [-0.4, -0.2) is 211 Å². The summed E-state index contributed by atoms with van der Waals surface area (Å²) in [5.41, 5.74) is 71.9. The van der Waals surface area contributed by atoms with Crippen LogP contribution in [0.15, 0.2) is 141 Å². The van der Waals surface area contributed by atoms with Crippen LogP contribution >= 0.6 is 45.3 Å². The van der Waals surface area contributed by atoms with Crippen LogP contribution in [0.3, 0.4) is 0 Å². The van der Waals surface area contributed by atoms with Crippen molar-refractivity contribution in [1.82, 2.24) is 36.3 Å². The molecule has 1 saturated heterocycles. The minimum absolute atomic E-state index is 0.0112. The summed E-state index contributed by atoms with van der Waals surface area (Å²) in [5, 5.41) is 39.4. The summed E-state index contributed by atoms with van der Waals surface area (Å²) in [6, 6.07) is 26.1. The normalized spacial score (nSPS) is 12.8. The van der Waals surface area contributed by atoms with E-state index in [1.54, 1.807) is 119 Å². The summed E-state index contributed by atoms with van der Waals surface area (Å²) < 4.78 is 50.5. The molecule has 1 aromatic heterocycles. The van der Waals surface area contributed by atoms with Gasteiger partial charge in [-0.05, 0) is 152 Å². The predicted molar refractivity (Wildman–Crippen MR) is 492 cm³/mol. The number of unbranched alkanes of at least 4 members (excludes halogenated alkanes) is 2. The lowest BCUT2D eigenvalue weighted by Gasteiger charge is -2.17.